The lowest BCUT2D eigenvalue weighted by molar-refractivity contribution is -0.139. The molecule has 1 aromatic carbocycles. The van der Waals surface area contributed by atoms with Crippen molar-refractivity contribution in [3.05, 3.63) is 53.2 Å². The highest BCUT2D eigenvalue weighted by Gasteiger charge is 2.51. The molecular formula is C19H22N2O3. The van der Waals surface area contributed by atoms with Gasteiger partial charge in [-0.15, -0.1) is 0 Å². The van der Waals surface area contributed by atoms with Crippen molar-refractivity contribution in [2.45, 2.75) is 38.6 Å². The minimum Gasteiger partial charge on any atom is -0.445 e. The van der Waals surface area contributed by atoms with Crippen molar-refractivity contribution in [3.8, 4) is 0 Å². The summed E-state index contributed by atoms with van der Waals surface area (Å²) >= 11 is 0. The smallest absolute Gasteiger partial charge is 0.231 e. The number of nitrogens with zero attached hydrogens (tertiary/aromatic N) is 2. The highest BCUT2D eigenvalue weighted by atomic mass is 16.4. The predicted molar refractivity (Wildman–Crippen MR) is 88.2 cm³/mol. The molecule has 1 aliphatic carbocycles. The van der Waals surface area contributed by atoms with Crippen LogP contribution in [0.1, 0.15) is 35.7 Å². The molecular weight excluding hydrogens is 304 g/mol. The van der Waals surface area contributed by atoms with Gasteiger partial charge in [0.15, 0.2) is 5.89 Å². The summed E-state index contributed by atoms with van der Waals surface area (Å²) in [5.41, 5.74) is 1.65. The molecule has 5 nitrogen and oxygen atoms in total. The number of fused-ring (bicyclic) bond motifs is 1. The summed E-state index contributed by atoms with van der Waals surface area (Å²) in [5, 5.41) is 9.45. The van der Waals surface area contributed by atoms with Gasteiger partial charge in [-0.25, -0.2) is 4.98 Å². The Morgan fingerprint density at radius 2 is 2.04 bits per heavy atom. The first kappa shape index (κ1) is 15.4. The number of aliphatic hydroxyl groups is 1. The van der Waals surface area contributed by atoms with Crippen molar-refractivity contribution in [2.24, 2.45) is 5.41 Å². The Morgan fingerprint density at radius 1 is 1.25 bits per heavy atom. The number of hydrogen-bond acceptors (Lipinski definition) is 4. The molecule has 2 aliphatic rings. The second-order valence-corrected chi connectivity index (χ2v) is 6.88. The van der Waals surface area contributed by atoms with E-state index in [-0.39, 0.29) is 12.5 Å². The number of aromatic nitrogens is 1. The number of rotatable bonds is 5. The van der Waals surface area contributed by atoms with Gasteiger partial charge in [0.2, 0.25) is 5.91 Å². The average molecular weight is 326 g/mol. The fourth-order valence-electron chi connectivity index (χ4n) is 3.35. The van der Waals surface area contributed by atoms with Crippen LogP contribution in [0.3, 0.4) is 0 Å². The number of carbonyl (C=O) groups excluding carboxylic acids is 1. The van der Waals surface area contributed by atoms with E-state index in [1.54, 1.807) is 0 Å². The van der Waals surface area contributed by atoms with Crippen LogP contribution in [0.4, 0.5) is 0 Å². The largest absolute Gasteiger partial charge is 0.445 e. The number of hydrogen-bond donors (Lipinski definition) is 1. The average Bonchev–Trinajstić information content (AvgIpc) is 3.32. The molecule has 2 heterocycles. The van der Waals surface area contributed by atoms with E-state index in [0.29, 0.717) is 19.5 Å². The van der Waals surface area contributed by atoms with Crippen LogP contribution < -0.4 is 0 Å². The Morgan fingerprint density at radius 3 is 2.75 bits per heavy atom. The van der Waals surface area contributed by atoms with Crippen molar-refractivity contribution >= 4 is 5.91 Å². The SMILES string of the molecule is O=C(N1CCc2oc(CCc3ccccc3)nc2C1)C1(CO)CC1. The lowest BCUT2D eigenvalue weighted by atomic mass is 10.0. The zero-order valence-corrected chi connectivity index (χ0v) is 13.7. The first-order valence-corrected chi connectivity index (χ1v) is 8.62. The molecule has 1 fully saturated rings. The minimum atomic E-state index is -0.503. The summed E-state index contributed by atoms with van der Waals surface area (Å²) in [6, 6.07) is 10.3. The van der Waals surface area contributed by atoms with E-state index in [1.807, 2.05) is 23.1 Å². The summed E-state index contributed by atoms with van der Waals surface area (Å²) in [6.07, 6.45) is 3.97. The number of aliphatic hydroxyl groups excluding tert-OH is 1. The molecule has 0 atom stereocenters. The summed E-state index contributed by atoms with van der Waals surface area (Å²) in [6.45, 7) is 1.11. The van der Waals surface area contributed by atoms with Crippen LogP contribution in [0, 0.1) is 5.41 Å². The van der Waals surface area contributed by atoms with Crippen molar-refractivity contribution in [1.29, 1.82) is 0 Å². The summed E-state index contributed by atoms with van der Waals surface area (Å²) in [5.74, 6) is 1.74. The number of carbonyl (C=O) groups is 1. The maximum absolute atomic E-state index is 12.5. The molecule has 4 rings (SSSR count). The number of aryl methyl sites for hydroxylation is 2. The van der Waals surface area contributed by atoms with Gasteiger partial charge < -0.3 is 14.4 Å². The van der Waals surface area contributed by atoms with E-state index in [1.165, 1.54) is 5.56 Å². The van der Waals surface area contributed by atoms with Crippen molar-refractivity contribution in [1.82, 2.24) is 9.88 Å². The molecule has 2 aromatic rings. The zero-order chi connectivity index (χ0) is 16.6. The zero-order valence-electron chi connectivity index (χ0n) is 13.7. The van der Waals surface area contributed by atoms with Crippen LogP contribution in [-0.4, -0.2) is 34.0 Å². The number of oxazole rings is 1. The molecule has 1 aliphatic heterocycles. The third kappa shape index (κ3) is 2.84. The van der Waals surface area contributed by atoms with Crippen LogP contribution in [0.25, 0.3) is 0 Å². The van der Waals surface area contributed by atoms with E-state index in [2.05, 4.69) is 17.1 Å². The molecule has 1 N–H and O–H groups in total. The number of amides is 1. The molecule has 0 radical (unpaired) electrons. The molecule has 0 bridgehead atoms. The van der Waals surface area contributed by atoms with Gasteiger partial charge in [-0.2, -0.15) is 0 Å². The molecule has 0 spiro atoms. The summed E-state index contributed by atoms with van der Waals surface area (Å²) < 4.78 is 5.89. The Labute approximate surface area is 141 Å². The third-order valence-corrected chi connectivity index (χ3v) is 5.14. The molecule has 0 saturated heterocycles. The Balaban J connectivity index is 1.41. The normalized spacial score (nSPS) is 18.3. The molecule has 24 heavy (non-hydrogen) atoms. The monoisotopic (exact) mass is 326 g/mol. The van der Waals surface area contributed by atoms with Gasteiger partial charge in [0.05, 0.1) is 18.6 Å². The van der Waals surface area contributed by atoms with E-state index in [0.717, 1.165) is 43.0 Å². The summed E-state index contributed by atoms with van der Waals surface area (Å²) in [7, 11) is 0. The Hall–Kier alpha value is -2.14. The van der Waals surface area contributed by atoms with Gasteiger partial charge in [-0.3, -0.25) is 4.79 Å². The Kier molecular flexibility index (Phi) is 3.88. The lowest BCUT2D eigenvalue weighted by Gasteiger charge is -2.28. The first-order valence-electron chi connectivity index (χ1n) is 8.62. The minimum absolute atomic E-state index is 0.0453. The van der Waals surface area contributed by atoms with E-state index in [9.17, 15) is 9.90 Å². The van der Waals surface area contributed by atoms with E-state index >= 15 is 0 Å². The second kappa shape index (κ2) is 6.06. The van der Waals surface area contributed by atoms with Crippen molar-refractivity contribution in [2.75, 3.05) is 13.2 Å². The fourth-order valence-corrected chi connectivity index (χ4v) is 3.35. The van der Waals surface area contributed by atoms with Crippen LogP contribution >= 0.6 is 0 Å². The molecule has 1 saturated carbocycles. The van der Waals surface area contributed by atoms with Crippen LogP contribution in [0.2, 0.25) is 0 Å². The van der Waals surface area contributed by atoms with E-state index in [4.69, 9.17) is 4.42 Å². The molecule has 1 amide bonds. The highest BCUT2D eigenvalue weighted by molar-refractivity contribution is 5.85. The van der Waals surface area contributed by atoms with Gasteiger partial charge >= 0.3 is 0 Å². The van der Waals surface area contributed by atoms with Crippen LogP contribution in [-0.2, 0) is 30.6 Å². The number of benzene rings is 1. The second-order valence-electron chi connectivity index (χ2n) is 6.88. The van der Waals surface area contributed by atoms with Gasteiger partial charge in [0.25, 0.3) is 0 Å². The maximum Gasteiger partial charge on any atom is 0.231 e. The maximum atomic E-state index is 12.5. The Bertz CT molecular complexity index is 734. The summed E-state index contributed by atoms with van der Waals surface area (Å²) in [4.78, 5) is 19.0. The molecule has 126 valence electrons. The highest BCUT2D eigenvalue weighted by Crippen LogP contribution is 2.47. The first-order chi connectivity index (χ1) is 11.7. The lowest BCUT2D eigenvalue weighted by Crippen LogP contribution is -2.41. The fraction of sp³-hybridized carbons (Fsp3) is 0.474. The van der Waals surface area contributed by atoms with Gasteiger partial charge in [0, 0.05) is 19.4 Å². The van der Waals surface area contributed by atoms with Gasteiger partial charge in [0.1, 0.15) is 11.5 Å². The predicted octanol–water partition coefficient (Wildman–Crippen LogP) is 2.12. The topological polar surface area (TPSA) is 66.6 Å². The quantitative estimate of drug-likeness (QED) is 0.914. The van der Waals surface area contributed by atoms with E-state index < -0.39 is 5.41 Å². The van der Waals surface area contributed by atoms with Crippen molar-refractivity contribution < 1.29 is 14.3 Å². The molecule has 5 heteroatoms. The third-order valence-electron chi connectivity index (χ3n) is 5.14. The standard InChI is InChI=1S/C19H22N2O3/c22-13-19(9-10-19)18(23)21-11-8-16-15(12-21)20-17(24-16)7-6-14-4-2-1-3-5-14/h1-5,22H,6-13H2. The van der Waals surface area contributed by atoms with Crippen LogP contribution in [0.5, 0.6) is 0 Å². The van der Waals surface area contributed by atoms with Crippen molar-refractivity contribution in [3.63, 3.8) is 0 Å². The van der Waals surface area contributed by atoms with Gasteiger partial charge in [-0.05, 0) is 24.8 Å². The van der Waals surface area contributed by atoms with Crippen LogP contribution in [0.15, 0.2) is 34.7 Å². The molecule has 0 unspecified atom stereocenters. The molecule has 1 aromatic heterocycles. The van der Waals surface area contributed by atoms with Gasteiger partial charge in [-0.1, -0.05) is 30.3 Å².